The van der Waals surface area contributed by atoms with Gasteiger partial charge in [0, 0.05) is 23.8 Å². The third kappa shape index (κ3) is 6.73. The Bertz CT molecular complexity index is 964. The molecule has 30 heavy (non-hydrogen) atoms. The van der Waals surface area contributed by atoms with E-state index in [0.717, 1.165) is 42.6 Å². The fourth-order valence-corrected chi connectivity index (χ4v) is 4.06. The van der Waals surface area contributed by atoms with Crippen LogP contribution in [0.2, 0.25) is 5.02 Å². The van der Waals surface area contributed by atoms with Crippen LogP contribution in [0.25, 0.3) is 0 Å². The van der Waals surface area contributed by atoms with Crippen LogP contribution in [0.4, 0.5) is 5.69 Å². The molecular weight excluding hydrogens is 418 g/mol. The zero-order valence-electron chi connectivity index (χ0n) is 17.8. The van der Waals surface area contributed by atoms with E-state index in [1.165, 1.54) is 0 Å². The summed E-state index contributed by atoms with van der Waals surface area (Å²) in [4.78, 5) is 0. The molecule has 0 saturated heterocycles. The first-order valence-electron chi connectivity index (χ1n) is 10.1. The number of unbranched alkanes of at least 4 members (excludes halogenated alkanes) is 2. The summed E-state index contributed by atoms with van der Waals surface area (Å²) in [6.07, 6.45) is 2.62. The molecular formula is C23H30ClN3O2S. The first-order valence-corrected chi connectivity index (χ1v) is 12.0. The van der Waals surface area contributed by atoms with Crippen LogP contribution in [-0.4, -0.2) is 26.3 Å². The summed E-state index contributed by atoms with van der Waals surface area (Å²) in [6, 6.07) is 17.6. The standard InChI is InChI=1S/C23H30ClN3O2S/c1-23(2,3)30(28,29)27-15-9-5-8-14-26-19-12-13-20(22(24)16-19)21(17-25)18-10-6-4-7-11-18/h4,6-7,10-13,16,21,26-27H,5,8-9,14-15H2,1-3H3. The number of nitrogens with zero attached hydrogens (tertiary/aromatic N) is 1. The van der Waals surface area contributed by atoms with E-state index in [0.29, 0.717) is 11.6 Å². The average Bonchev–Trinajstić information content (AvgIpc) is 2.69. The molecule has 0 saturated carbocycles. The number of nitrogens with one attached hydrogen (secondary N) is 2. The summed E-state index contributed by atoms with van der Waals surface area (Å²) >= 11 is 6.46. The number of nitriles is 1. The lowest BCUT2D eigenvalue weighted by Gasteiger charge is -2.19. The van der Waals surface area contributed by atoms with Crippen LogP contribution in [-0.2, 0) is 10.0 Å². The van der Waals surface area contributed by atoms with Crippen molar-refractivity contribution in [1.82, 2.24) is 4.72 Å². The highest BCUT2D eigenvalue weighted by Crippen LogP contribution is 2.31. The normalized spacial score (nSPS) is 12.9. The second-order valence-electron chi connectivity index (χ2n) is 8.21. The molecule has 0 aliphatic carbocycles. The number of halogens is 1. The third-order valence-electron chi connectivity index (χ3n) is 4.85. The lowest BCUT2D eigenvalue weighted by Crippen LogP contribution is -2.39. The highest BCUT2D eigenvalue weighted by molar-refractivity contribution is 7.90. The Labute approximate surface area is 185 Å². The summed E-state index contributed by atoms with van der Waals surface area (Å²) in [5, 5.41) is 13.5. The highest BCUT2D eigenvalue weighted by Gasteiger charge is 2.27. The van der Waals surface area contributed by atoms with Crippen molar-refractivity contribution in [3.8, 4) is 6.07 Å². The molecule has 2 rings (SSSR count). The lowest BCUT2D eigenvalue weighted by molar-refractivity contribution is 0.540. The number of hydrogen-bond acceptors (Lipinski definition) is 4. The van der Waals surface area contributed by atoms with Crippen LogP contribution >= 0.6 is 11.6 Å². The summed E-state index contributed by atoms with van der Waals surface area (Å²) in [6.45, 7) is 6.29. The van der Waals surface area contributed by atoms with E-state index in [2.05, 4.69) is 16.1 Å². The van der Waals surface area contributed by atoms with Crippen LogP contribution in [0.5, 0.6) is 0 Å². The van der Waals surface area contributed by atoms with E-state index in [1.807, 2.05) is 48.5 Å². The molecule has 0 aliphatic heterocycles. The van der Waals surface area contributed by atoms with Crippen LogP contribution in [0.1, 0.15) is 57.1 Å². The van der Waals surface area contributed by atoms with Crippen LogP contribution in [0.15, 0.2) is 48.5 Å². The van der Waals surface area contributed by atoms with Gasteiger partial charge in [-0.3, -0.25) is 0 Å². The van der Waals surface area contributed by atoms with Crippen LogP contribution in [0.3, 0.4) is 0 Å². The molecule has 0 radical (unpaired) electrons. The molecule has 2 aromatic rings. The fourth-order valence-electron chi connectivity index (χ4n) is 2.92. The van der Waals surface area contributed by atoms with E-state index in [-0.39, 0.29) is 0 Å². The van der Waals surface area contributed by atoms with Gasteiger partial charge < -0.3 is 5.32 Å². The van der Waals surface area contributed by atoms with Crippen molar-refractivity contribution in [2.24, 2.45) is 0 Å². The van der Waals surface area contributed by atoms with E-state index >= 15 is 0 Å². The Kier molecular flexibility index (Phi) is 8.72. The number of benzene rings is 2. The van der Waals surface area contributed by atoms with Crippen molar-refractivity contribution >= 4 is 27.3 Å². The van der Waals surface area contributed by atoms with Gasteiger partial charge in [-0.15, -0.1) is 0 Å². The maximum Gasteiger partial charge on any atom is 0.216 e. The summed E-state index contributed by atoms with van der Waals surface area (Å²) in [5.74, 6) is -0.398. The van der Waals surface area contributed by atoms with Crippen molar-refractivity contribution in [2.75, 3.05) is 18.4 Å². The molecule has 2 N–H and O–H groups in total. The molecule has 2 aromatic carbocycles. The first-order chi connectivity index (χ1) is 14.2. The van der Waals surface area contributed by atoms with Gasteiger partial charge in [-0.05, 0) is 56.9 Å². The van der Waals surface area contributed by atoms with Gasteiger partial charge in [0.1, 0.15) is 0 Å². The van der Waals surface area contributed by atoms with Gasteiger partial charge in [0.25, 0.3) is 0 Å². The largest absolute Gasteiger partial charge is 0.385 e. The smallest absolute Gasteiger partial charge is 0.216 e. The van der Waals surface area contributed by atoms with Gasteiger partial charge in [0.15, 0.2) is 0 Å². The number of rotatable bonds is 10. The molecule has 0 amide bonds. The Balaban J connectivity index is 1.80. The van der Waals surface area contributed by atoms with Crippen molar-refractivity contribution in [2.45, 2.75) is 50.7 Å². The molecule has 0 aliphatic rings. The zero-order valence-corrected chi connectivity index (χ0v) is 19.4. The van der Waals surface area contributed by atoms with Crippen molar-refractivity contribution in [3.63, 3.8) is 0 Å². The van der Waals surface area contributed by atoms with E-state index < -0.39 is 20.7 Å². The van der Waals surface area contributed by atoms with Gasteiger partial charge in [-0.1, -0.05) is 54.4 Å². The highest BCUT2D eigenvalue weighted by atomic mass is 35.5. The maximum atomic E-state index is 12.0. The van der Waals surface area contributed by atoms with E-state index in [1.54, 1.807) is 20.8 Å². The number of hydrogen-bond donors (Lipinski definition) is 2. The first kappa shape index (κ1) is 24.2. The quantitative estimate of drug-likeness (QED) is 0.484. The molecule has 7 heteroatoms. The molecule has 0 bridgehead atoms. The van der Waals surface area contributed by atoms with Gasteiger partial charge >= 0.3 is 0 Å². The predicted octanol–water partition coefficient (Wildman–Crippen LogP) is 5.30. The molecule has 0 spiro atoms. The van der Waals surface area contributed by atoms with Gasteiger partial charge in [-0.25, -0.2) is 13.1 Å². The molecule has 162 valence electrons. The number of sulfonamides is 1. The van der Waals surface area contributed by atoms with Gasteiger partial charge in [-0.2, -0.15) is 5.26 Å². The van der Waals surface area contributed by atoms with Crippen LogP contribution < -0.4 is 10.0 Å². The van der Waals surface area contributed by atoms with E-state index in [4.69, 9.17) is 11.6 Å². The second-order valence-corrected chi connectivity index (χ2v) is 11.1. The molecule has 0 heterocycles. The number of anilines is 1. The fraction of sp³-hybridized carbons (Fsp3) is 0.435. The van der Waals surface area contributed by atoms with Crippen molar-refractivity contribution in [1.29, 1.82) is 5.26 Å². The summed E-state index contributed by atoms with van der Waals surface area (Å²) in [7, 11) is -3.28. The molecule has 0 aromatic heterocycles. The lowest BCUT2D eigenvalue weighted by atomic mass is 9.92. The minimum atomic E-state index is -3.28. The minimum Gasteiger partial charge on any atom is -0.385 e. The third-order valence-corrected chi connectivity index (χ3v) is 7.38. The Morgan fingerprint density at radius 1 is 1.03 bits per heavy atom. The SMILES string of the molecule is CC(C)(C)S(=O)(=O)NCCCCCNc1ccc(C(C#N)c2ccccc2)c(Cl)c1. The van der Waals surface area contributed by atoms with Crippen molar-refractivity contribution < 1.29 is 8.42 Å². The minimum absolute atomic E-state index is 0.398. The van der Waals surface area contributed by atoms with E-state index in [9.17, 15) is 13.7 Å². The summed E-state index contributed by atoms with van der Waals surface area (Å²) < 4.78 is 25.9. The summed E-state index contributed by atoms with van der Waals surface area (Å²) in [5.41, 5.74) is 2.62. The molecule has 1 atom stereocenters. The monoisotopic (exact) mass is 447 g/mol. The second kappa shape index (κ2) is 10.8. The Hall–Kier alpha value is -2.07. The Morgan fingerprint density at radius 3 is 2.30 bits per heavy atom. The van der Waals surface area contributed by atoms with Gasteiger partial charge in [0.05, 0.1) is 16.7 Å². The molecule has 5 nitrogen and oxygen atoms in total. The molecule has 1 unspecified atom stereocenters. The van der Waals surface area contributed by atoms with Crippen molar-refractivity contribution in [3.05, 3.63) is 64.7 Å². The average molecular weight is 448 g/mol. The van der Waals surface area contributed by atoms with Crippen LogP contribution in [0, 0.1) is 11.3 Å². The van der Waals surface area contributed by atoms with Gasteiger partial charge in [0.2, 0.25) is 10.0 Å². The predicted molar refractivity (Wildman–Crippen MR) is 124 cm³/mol. The topological polar surface area (TPSA) is 82.0 Å². The zero-order chi connectivity index (χ0) is 22.2. The Morgan fingerprint density at radius 2 is 1.70 bits per heavy atom. The molecule has 0 fully saturated rings. The maximum absolute atomic E-state index is 12.0.